The van der Waals surface area contributed by atoms with E-state index >= 15 is 0 Å². The van der Waals surface area contributed by atoms with Crippen molar-refractivity contribution >= 4 is 19.7 Å². The number of hydrogen-bond donors (Lipinski definition) is 0. The number of halogens is 1. The van der Waals surface area contributed by atoms with Crippen molar-refractivity contribution in [2.45, 2.75) is 60.3 Å². The molecule has 0 amide bonds. The van der Waals surface area contributed by atoms with Crippen molar-refractivity contribution in [1.29, 1.82) is 0 Å². The molecule has 0 aliphatic rings. The number of ether oxygens (including phenoxy) is 1. The zero-order chi connectivity index (χ0) is 15.8. The molecule has 0 aliphatic carbocycles. The molecular weight excluding hydrogens is 296 g/mol. The highest BCUT2D eigenvalue weighted by atomic mass is 35.7. The topological polar surface area (TPSA) is 43.4 Å². The summed E-state index contributed by atoms with van der Waals surface area (Å²) >= 11 is 0. The molecule has 0 N–H and O–H groups in total. The lowest BCUT2D eigenvalue weighted by Crippen LogP contribution is -2.31. The molecule has 122 valence electrons. The average Bonchev–Trinajstić information content (AvgIpc) is 2.29. The van der Waals surface area contributed by atoms with Crippen LogP contribution in [0.15, 0.2) is 0 Å². The fraction of sp³-hybridized carbons (Fsp3) is 1.00. The van der Waals surface area contributed by atoms with Gasteiger partial charge in [-0.1, -0.05) is 53.9 Å². The summed E-state index contributed by atoms with van der Waals surface area (Å²) in [5.74, 6) is 0.473. The van der Waals surface area contributed by atoms with E-state index in [1.54, 1.807) is 0 Å². The Morgan fingerprint density at radius 3 is 2.15 bits per heavy atom. The predicted octanol–water partition coefficient (Wildman–Crippen LogP) is 4.45. The Kier molecular flexibility index (Phi) is 9.36. The fourth-order valence-electron chi connectivity index (χ4n) is 2.06. The lowest BCUT2D eigenvalue weighted by atomic mass is 9.82. The van der Waals surface area contributed by atoms with Crippen LogP contribution in [0.3, 0.4) is 0 Å². The van der Waals surface area contributed by atoms with E-state index in [1.807, 2.05) is 20.8 Å². The lowest BCUT2D eigenvalue weighted by molar-refractivity contribution is 0.0415. The Morgan fingerprint density at radius 2 is 1.75 bits per heavy atom. The van der Waals surface area contributed by atoms with Crippen LogP contribution < -0.4 is 0 Å². The van der Waals surface area contributed by atoms with Crippen molar-refractivity contribution in [2.24, 2.45) is 17.3 Å². The van der Waals surface area contributed by atoms with Crippen LogP contribution in [0.4, 0.5) is 0 Å². The van der Waals surface area contributed by atoms with E-state index in [-0.39, 0.29) is 17.1 Å². The Morgan fingerprint density at radius 1 is 1.15 bits per heavy atom. The van der Waals surface area contributed by atoms with Crippen LogP contribution in [0.1, 0.15) is 60.3 Å². The molecule has 0 radical (unpaired) electrons. The average molecular weight is 327 g/mol. The first kappa shape index (κ1) is 20.2. The molecule has 0 aromatic heterocycles. The van der Waals surface area contributed by atoms with Gasteiger partial charge in [-0.3, -0.25) is 0 Å². The summed E-state index contributed by atoms with van der Waals surface area (Å²) in [6, 6.07) is 0. The third kappa shape index (κ3) is 10.0. The van der Waals surface area contributed by atoms with Crippen LogP contribution in [0, 0.1) is 17.3 Å². The number of rotatable bonds is 10. The highest BCUT2D eigenvalue weighted by Crippen LogP contribution is 2.28. The summed E-state index contributed by atoms with van der Waals surface area (Å²) in [6.45, 7) is 11.6. The lowest BCUT2D eigenvalue weighted by Gasteiger charge is -2.30. The summed E-state index contributed by atoms with van der Waals surface area (Å²) in [4.78, 5) is 0. The molecule has 2 unspecified atom stereocenters. The molecule has 0 aliphatic heterocycles. The normalized spacial score (nSPS) is 16.1. The van der Waals surface area contributed by atoms with Crippen LogP contribution >= 0.6 is 10.7 Å². The van der Waals surface area contributed by atoms with E-state index in [9.17, 15) is 8.42 Å². The third-order valence-corrected chi connectivity index (χ3v) is 5.02. The minimum Gasteiger partial charge on any atom is -0.381 e. The van der Waals surface area contributed by atoms with Gasteiger partial charge in [0.1, 0.15) is 0 Å². The second-order valence-corrected chi connectivity index (χ2v) is 9.54. The minimum absolute atomic E-state index is 0.0240. The maximum atomic E-state index is 11.3. The van der Waals surface area contributed by atoms with E-state index in [2.05, 4.69) is 13.8 Å². The van der Waals surface area contributed by atoms with Crippen molar-refractivity contribution in [3.05, 3.63) is 0 Å². The second-order valence-electron chi connectivity index (χ2n) is 6.72. The zero-order valence-corrected chi connectivity index (χ0v) is 15.2. The van der Waals surface area contributed by atoms with Crippen molar-refractivity contribution in [3.63, 3.8) is 0 Å². The summed E-state index contributed by atoms with van der Waals surface area (Å²) < 4.78 is 28.4. The molecule has 0 saturated heterocycles. The number of hydrogen-bond acceptors (Lipinski definition) is 3. The second kappa shape index (κ2) is 9.26. The van der Waals surface area contributed by atoms with Gasteiger partial charge in [-0.15, -0.1) is 0 Å². The van der Waals surface area contributed by atoms with Crippen molar-refractivity contribution in [2.75, 3.05) is 19.0 Å². The molecule has 0 aromatic carbocycles. The first-order valence-corrected chi connectivity index (χ1v) is 10.1. The molecule has 0 bridgehead atoms. The Hall–Kier alpha value is 0.200. The molecule has 5 heteroatoms. The molecule has 0 aromatic rings. The highest BCUT2D eigenvalue weighted by Gasteiger charge is 2.29. The Bertz CT molecular complexity index is 347. The SMILES string of the molecule is CCCCC(CC)COCC(CS(=O)(=O)Cl)C(C)(C)C. The first-order chi connectivity index (χ1) is 9.10. The molecule has 0 spiro atoms. The molecule has 0 rings (SSSR count). The maximum absolute atomic E-state index is 11.3. The first-order valence-electron chi connectivity index (χ1n) is 7.60. The molecule has 0 heterocycles. The molecule has 0 fully saturated rings. The van der Waals surface area contributed by atoms with E-state index in [4.69, 9.17) is 15.4 Å². The molecular formula is C15H31ClO3S. The zero-order valence-electron chi connectivity index (χ0n) is 13.6. The van der Waals surface area contributed by atoms with Crippen LogP contribution in [0.5, 0.6) is 0 Å². The molecule has 3 nitrogen and oxygen atoms in total. The monoisotopic (exact) mass is 326 g/mol. The van der Waals surface area contributed by atoms with Gasteiger partial charge < -0.3 is 4.74 Å². The molecule has 2 atom stereocenters. The van der Waals surface area contributed by atoms with Gasteiger partial charge in [-0.2, -0.15) is 0 Å². The van der Waals surface area contributed by atoms with Gasteiger partial charge in [0, 0.05) is 23.2 Å². The van der Waals surface area contributed by atoms with Crippen molar-refractivity contribution < 1.29 is 13.2 Å². The van der Waals surface area contributed by atoms with E-state index in [0.29, 0.717) is 19.1 Å². The van der Waals surface area contributed by atoms with Crippen molar-refractivity contribution in [1.82, 2.24) is 0 Å². The predicted molar refractivity (Wildman–Crippen MR) is 86.7 cm³/mol. The van der Waals surface area contributed by atoms with Gasteiger partial charge in [0.15, 0.2) is 0 Å². The van der Waals surface area contributed by atoms with Gasteiger partial charge in [0.05, 0.1) is 12.4 Å². The van der Waals surface area contributed by atoms with Gasteiger partial charge >= 0.3 is 0 Å². The minimum atomic E-state index is -3.48. The van der Waals surface area contributed by atoms with E-state index < -0.39 is 9.05 Å². The Labute approximate surface area is 129 Å². The third-order valence-electron chi connectivity index (χ3n) is 3.84. The number of unbranched alkanes of at least 4 members (excludes halogenated alkanes) is 1. The van der Waals surface area contributed by atoms with Gasteiger partial charge in [-0.05, 0) is 17.8 Å². The maximum Gasteiger partial charge on any atom is 0.232 e. The highest BCUT2D eigenvalue weighted by molar-refractivity contribution is 8.13. The summed E-state index contributed by atoms with van der Waals surface area (Å²) in [6.07, 6.45) is 4.71. The summed E-state index contributed by atoms with van der Waals surface area (Å²) in [5, 5.41) is 0. The summed E-state index contributed by atoms with van der Waals surface area (Å²) in [7, 11) is 1.90. The summed E-state index contributed by atoms with van der Waals surface area (Å²) in [5.41, 5.74) is -0.132. The van der Waals surface area contributed by atoms with Gasteiger partial charge in [0.25, 0.3) is 0 Å². The van der Waals surface area contributed by atoms with Crippen molar-refractivity contribution in [3.8, 4) is 0 Å². The molecule has 0 saturated carbocycles. The van der Waals surface area contributed by atoms with Crippen LogP contribution in [0.2, 0.25) is 0 Å². The Balaban J connectivity index is 4.33. The van der Waals surface area contributed by atoms with E-state index in [0.717, 1.165) is 6.42 Å². The van der Waals surface area contributed by atoms with Gasteiger partial charge in [-0.25, -0.2) is 8.42 Å². The van der Waals surface area contributed by atoms with Crippen LogP contribution in [-0.4, -0.2) is 27.4 Å². The molecule has 20 heavy (non-hydrogen) atoms. The van der Waals surface area contributed by atoms with Gasteiger partial charge in [0.2, 0.25) is 9.05 Å². The standard InChI is InChI=1S/C15H31ClO3S/c1-6-8-9-13(7-2)10-19-11-14(15(3,4)5)12-20(16,17)18/h13-14H,6-12H2,1-5H3. The van der Waals surface area contributed by atoms with Crippen LogP contribution in [0.25, 0.3) is 0 Å². The quantitative estimate of drug-likeness (QED) is 0.557. The van der Waals surface area contributed by atoms with Crippen LogP contribution in [-0.2, 0) is 13.8 Å². The van der Waals surface area contributed by atoms with E-state index in [1.165, 1.54) is 19.3 Å². The largest absolute Gasteiger partial charge is 0.381 e. The smallest absolute Gasteiger partial charge is 0.232 e. The fourth-order valence-corrected chi connectivity index (χ4v) is 3.60.